The van der Waals surface area contributed by atoms with E-state index in [1.54, 1.807) is 0 Å². The summed E-state index contributed by atoms with van der Waals surface area (Å²) in [6.07, 6.45) is 8.90. The molecule has 2 aliphatic heterocycles. The highest BCUT2D eigenvalue weighted by Gasteiger charge is 2.40. The Kier molecular flexibility index (Phi) is 6.32. The van der Waals surface area contributed by atoms with Crippen molar-refractivity contribution in [3.8, 4) is 12.3 Å². The third-order valence-electron chi connectivity index (χ3n) is 6.60. The first-order valence-electron chi connectivity index (χ1n) is 12.3. The number of carbonyl (C=O) groups excluding carboxylic acids is 1. The predicted molar refractivity (Wildman–Crippen MR) is 133 cm³/mol. The number of hydrogen-bond donors (Lipinski definition) is 1. The molecule has 0 aliphatic carbocycles. The van der Waals surface area contributed by atoms with Gasteiger partial charge in [-0.1, -0.05) is 31.1 Å². The maximum atomic E-state index is 14.0. The minimum absolute atomic E-state index is 0.00699. The van der Waals surface area contributed by atoms with Gasteiger partial charge in [0, 0.05) is 37.6 Å². The summed E-state index contributed by atoms with van der Waals surface area (Å²) in [6.45, 7) is 5.82. The van der Waals surface area contributed by atoms with Crippen LogP contribution in [0.4, 0.5) is 14.6 Å². The van der Waals surface area contributed by atoms with Crippen molar-refractivity contribution in [2.75, 3.05) is 24.5 Å². The number of amides is 1. The maximum absolute atomic E-state index is 14.0. The Balaban J connectivity index is 1.36. The Labute approximate surface area is 217 Å². The van der Waals surface area contributed by atoms with Gasteiger partial charge in [-0.15, -0.1) is 17.4 Å². The van der Waals surface area contributed by atoms with Crippen LogP contribution < -0.4 is 10.2 Å². The highest BCUT2D eigenvalue weighted by atomic mass is 19.3. The van der Waals surface area contributed by atoms with Crippen LogP contribution in [0.5, 0.6) is 0 Å². The second kappa shape index (κ2) is 9.38. The number of hydrogen-bond acceptors (Lipinski definition) is 10. The third kappa shape index (κ3) is 5.18. The molecule has 1 fully saturated rings. The number of carbonyl (C=O) groups is 1. The van der Waals surface area contributed by atoms with Crippen molar-refractivity contribution >= 4 is 29.1 Å². The van der Waals surface area contributed by atoms with Crippen molar-refractivity contribution in [3.63, 3.8) is 0 Å². The summed E-state index contributed by atoms with van der Waals surface area (Å²) in [6, 6.07) is 0. The van der Waals surface area contributed by atoms with Gasteiger partial charge in [-0.25, -0.2) is 28.1 Å². The van der Waals surface area contributed by atoms with E-state index in [0.29, 0.717) is 42.2 Å². The van der Waals surface area contributed by atoms with E-state index in [2.05, 4.69) is 46.8 Å². The summed E-state index contributed by atoms with van der Waals surface area (Å²) in [5.41, 5.74) is 0.123. The maximum Gasteiger partial charge on any atom is 0.275 e. The third-order valence-corrected chi connectivity index (χ3v) is 6.60. The van der Waals surface area contributed by atoms with Crippen molar-refractivity contribution in [2.45, 2.75) is 69.9 Å². The molecular formula is C24H28F2N10O2. The highest BCUT2D eigenvalue weighted by Crippen LogP contribution is 2.34. The molecule has 1 amide bonds. The average molecular weight is 527 g/mol. The van der Waals surface area contributed by atoms with Gasteiger partial charge in [0.2, 0.25) is 0 Å². The van der Waals surface area contributed by atoms with Gasteiger partial charge in [0.1, 0.15) is 11.5 Å². The second-order valence-corrected chi connectivity index (χ2v) is 10.7. The molecule has 0 radical (unpaired) electrons. The largest absolute Gasteiger partial charge is 0.350 e. The summed E-state index contributed by atoms with van der Waals surface area (Å²) in [5.74, 6) is 0.101. The lowest BCUT2D eigenvalue weighted by molar-refractivity contribution is 0.0256. The Morgan fingerprint density at radius 3 is 2.71 bits per heavy atom. The normalized spacial score (nSPS) is 20.2. The van der Waals surface area contributed by atoms with Gasteiger partial charge in [0.25, 0.3) is 11.8 Å². The quantitative estimate of drug-likeness (QED) is 0.415. The van der Waals surface area contributed by atoms with E-state index in [9.17, 15) is 13.6 Å². The molecule has 3 aromatic heterocycles. The number of rotatable bonds is 9. The lowest BCUT2D eigenvalue weighted by atomic mass is 9.96. The number of terminal acetylenes is 1. The van der Waals surface area contributed by atoms with Crippen LogP contribution in [0.25, 0.3) is 11.2 Å². The van der Waals surface area contributed by atoms with Crippen LogP contribution in [0, 0.1) is 12.3 Å². The van der Waals surface area contributed by atoms with Crippen molar-refractivity contribution in [1.82, 2.24) is 40.6 Å². The van der Waals surface area contributed by atoms with Gasteiger partial charge < -0.3 is 10.2 Å². The summed E-state index contributed by atoms with van der Waals surface area (Å²) in [7, 11) is 0. The molecular weight excluding hydrogens is 498 g/mol. The Morgan fingerprint density at radius 1 is 1.26 bits per heavy atom. The Hall–Kier alpha value is -4.02. The Bertz CT molecular complexity index is 1430. The average Bonchev–Trinajstić information content (AvgIpc) is 3.17. The number of aliphatic imine (C=N–C) groups is 1. The molecule has 3 aromatic rings. The predicted octanol–water partition coefficient (Wildman–Crippen LogP) is 2.15. The second-order valence-electron chi connectivity index (χ2n) is 10.7. The molecule has 0 saturated carbocycles. The number of nitrogens with zero attached hydrogens (tertiary/aromatic N) is 9. The number of nitrogens with one attached hydrogen (secondary N) is 1. The molecule has 5 rings (SSSR count). The number of fused-ring (bicyclic) bond motifs is 1. The zero-order chi connectivity index (χ0) is 27.1. The van der Waals surface area contributed by atoms with E-state index < -0.39 is 23.8 Å². The SMILES string of the molecule is C#CCCC1(CCNC(=O)c2nonc2Cn2nnc3c(N4CCC(F)(F)C4)nc(C(C)(C)C)nc32)C=N1. The summed E-state index contributed by atoms with van der Waals surface area (Å²) in [4.78, 5) is 27.9. The fraction of sp³-hybridized carbons (Fsp3) is 0.583. The fourth-order valence-electron chi connectivity index (χ4n) is 4.28. The Morgan fingerprint density at radius 2 is 2.05 bits per heavy atom. The summed E-state index contributed by atoms with van der Waals surface area (Å²) in [5, 5.41) is 18.8. The molecule has 1 saturated heterocycles. The van der Waals surface area contributed by atoms with E-state index >= 15 is 0 Å². The van der Waals surface area contributed by atoms with E-state index in [-0.39, 0.29) is 36.4 Å². The van der Waals surface area contributed by atoms with Gasteiger partial charge in [-0.05, 0) is 18.0 Å². The molecule has 200 valence electrons. The highest BCUT2D eigenvalue weighted by molar-refractivity contribution is 5.93. The molecule has 2 aliphatic rings. The first kappa shape index (κ1) is 25.6. The molecule has 0 aromatic carbocycles. The number of halogens is 2. The zero-order valence-electron chi connectivity index (χ0n) is 21.4. The van der Waals surface area contributed by atoms with E-state index in [1.807, 2.05) is 27.0 Å². The molecule has 0 bridgehead atoms. The van der Waals surface area contributed by atoms with Crippen LogP contribution in [-0.2, 0) is 12.0 Å². The lowest BCUT2D eigenvalue weighted by Crippen LogP contribution is -2.30. The lowest BCUT2D eigenvalue weighted by Gasteiger charge is -2.22. The van der Waals surface area contributed by atoms with Crippen LogP contribution in [-0.4, -0.2) is 78.5 Å². The van der Waals surface area contributed by atoms with Crippen LogP contribution in [0.1, 0.15) is 68.5 Å². The first-order chi connectivity index (χ1) is 18.0. The topological polar surface area (TPSA) is 140 Å². The van der Waals surface area contributed by atoms with Gasteiger partial charge in [-0.3, -0.25) is 9.79 Å². The zero-order valence-corrected chi connectivity index (χ0v) is 21.4. The molecule has 1 unspecified atom stereocenters. The minimum atomic E-state index is -2.81. The monoisotopic (exact) mass is 526 g/mol. The first-order valence-corrected chi connectivity index (χ1v) is 12.3. The van der Waals surface area contributed by atoms with E-state index in [0.717, 1.165) is 6.42 Å². The van der Waals surface area contributed by atoms with Crippen molar-refractivity contribution in [2.24, 2.45) is 4.99 Å². The van der Waals surface area contributed by atoms with Crippen molar-refractivity contribution in [1.29, 1.82) is 0 Å². The standard InChI is InChI=1S/C24H28F2N10O2/c1-5-6-7-23(13-28-23)8-10-27-20(37)16-15(32-38-33-16)12-36-19-17(31-34-36)18(29-21(30-19)22(2,3)4)35-11-9-24(25,26)14-35/h1,13H,6-12,14H2,2-4H3,(H,27,37). The van der Waals surface area contributed by atoms with Gasteiger partial charge in [0.15, 0.2) is 22.7 Å². The van der Waals surface area contributed by atoms with E-state index in [1.165, 1.54) is 9.58 Å². The van der Waals surface area contributed by atoms with Gasteiger partial charge in [0.05, 0.1) is 18.6 Å². The van der Waals surface area contributed by atoms with Crippen LogP contribution in [0.3, 0.4) is 0 Å². The van der Waals surface area contributed by atoms with Crippen LogP contribution in [0.15, 0.2) is 9.62 Å². The van der Waals surface area contributed by atoms with Gasteiger partial charge in [-0.2, -0.15) is 0 Å². The van der Waals surface area contributed by atoms with Crippen LogP contribution in [0.2, 0.25) is 0 Å². The minimum Gasteiger partial charge on any atom is -0.350 e. The molecule has 0 spiro atoms. The smallest absolute Gasteiger partial charge is 0.275 e. The number of aromatic nitrogens is 7. The molecule has 38 heavy (non-hydrogen) atoms. The summed E-state index contributed by atoms with van der Waals surface area (Å²) >= 11 is 0. The van der Waals surface area contributed by atoms with E-state index in [4.69, 9.17) is 11.1 Å². The van der Waals surface area contributed by atoms with Crippen LogP contribution >= 0.6 is 0 Å². The number of anilines is 1. The number of alkyl halides is 2. The molecule has 5 heterocycles. The molecule has 1 atom stereocenters. The summed E-state index contributed by atoms with van der Waals surface area (Å²) < 4.78 is 34.3. The molecule has 1 N–H and O–H groups in total. The molecule has 14 heteroatoms. The van der Waals surface area contributed by atoms with Gasteiger partial charge >= 0.3 is 0 Å². The fourth-order valence-corrected chi connectivity index (χ4v) is 4.28. The molecule has 12 nitrogen and oxygen atoms in total. The van der Waals surface area contributed by atoms with Crippen molar-refractivity contribution < 1.29 is 18.2 Å². The van der Waals surface area contributed by atoms with Crippen molar-refractivity contribution in [3.05, 3.63) is 17.2 Å².